The Hall–Kier alpha value is -0.0400. The van der Waals surface area contributed by atoms with Crippen LogP contribution >= 0.6 is 0 Å². The van der Waals surface area contributed by atoms with Crippen molar-refractivity contribution in [3.63, 3.8) is 0 Å². The fourth-order valence-electron chi connectivity index (χ4n) is 2.08. The molecular weight excluding hydrogens is 146 g/mol. The molecule has 1 heteroatoms. The quantitative estimate of drug-likeness (QED) is 0.667. The largest absolute Gasteiger partial charge is 0.311 e. The smallest absolute Gasteiger partial charge is 0.00696 e. The first kappa shape index (κ1) is 10.0. The van der Waals surface area contributed by atoms with Crippen molar-refractivity contribution in [1.29, 1.82) is 0 Å². The average Bonchev–Trinajstić information content (AvgIpc) is 1.99. The topological polar surface area (TPSA) is 12.0 Å². The molecule has 0 aliphatic heterocycles. The molecule has 1 fully saturated rings. The van der Waals surface area contributed by atoms with Gasteiger partial charge in [-0.2, -0.15) is 0 Å². The summed E-state index contributed by atoms with van der Waals surface area (Å²) in [5.74, 6) is 0.880. The predicted molar refractivity (Wildman–Crippen MR) is 54.3 cm³/mol. The van der Waals surface area contributed by atoms with Crippen LogP contribution in [0.1, 0.15) is 52.9 Å². The molecule has 0 heterocycles. The Morgan fingerprint density at radius 1 is 1.25 bits per heavy atom. The van der Waals surface area contributed by atoms with Gasteiger partial charge in [0.15, 0.2) is 0 Å². The van der Waals surface area contributed by atoms with Gasteiger partial charge in [0.2, 0.25) is 0 Å². The number of hydrogen-bond donors (Lipinski definition) is 1. The number of nitrogens with one attached hydrogen (secondary N) is 1. The zero-order valence-corrected chi connectivity index (χ0v) is 8.77. The number of hydrogen-bond acceptors (Lipinski definition) is 1. The van der Waals surface area contributed by atoms with Gasteiger partial charge in [0, 0.05) is 12.1 Å². The van der Waals surface area contributed by atoms with Gasteiger partial charge in [0.05, 0.1) is 0 Å². The third kappa shape index (κ3) is 2.48. The van der Waals surface area contributed by atoms with Crippen molar-refractivity contribution in [2.75, 3.05) is 0 Å². The van der Waals surface area contributed by atoms with Crippen LogP contribution in [0.4, 0.5) is 0 Å². The van der Waals surface area contributed by atoms with Crippen molar-refractivity contribution in [3.05, 3.63) is 0 Å². The minimum absolute atomic E-state index is 0.727. The molecule has 1 rings (SSSR count). The summed E-state index contributed by atoms with van der Waals surface area (Å²) in [4.78, 5) is 0. The van der Waals surface area contributed by atoms with E-state index in [0.29, 0.717) is 0 Å². The van der Waals surface area contributed by atoms with Gasteiger partial charge < -0.3 is 5.32 Å². The lowest BCUT2D eigenvalue weighted by atomic mass is 9.89. The Balaban J connectivity index is 2.19. The Bertz CT molecular complexity index is 114. The first-order valence-electron chi connectivity index (χ1n) is 5.54. The fraction of sp³-hybridized carbons (Fsp3) is 1.00. The van der Waals surface area contributed by atoms with Crippen LogP contribution in [0.25, 0.3) is 0 Å². The van der Waals surface area contributed by atoms with Crippen LogP contribution in [0.2, 0.25) is 0 Å². The second-order valence-corrected chi connectivity index (χ2v) is 4.16. The summed E-state index contributed by atoms with van der Waals surface area (Å²) in [6.07, 6.45) is 6.89. The molecule has 0 amide bonds. The van der Waals surface area contributed by atoms with Gasteiger partial charge in [-0.15, -0.1) is 0 Å². The molecule has 0 radical (unpaired) electrons. The summed E-state index contributed by atoms with van der Waals surface area (Å²) >= 11 is 0. The van der Waals surface area contributed by atoms with Crippen LogP contribution in [0, 0.1) is 5.92 Å². The third-order valence-corrected chi connectivity index (χ3v) is 3.36. The lowest BCUT2D eigenvalue weighted by molar-refractivity contribution is 0.258. The highest BCUT2D eigenvalue weighted by atomic mass is 15.0. The van der Waals surface area contributed by atoms with E-state index in [1.165, 1.54) is 32.1 Å². The van der Waals surface area contributed by atoms with Crippen LogP contribution in [-0.2, 0) is 0 Å². The van der Waals surface area contributed by atoms with Gasteiger partial charge in [-0.1, -0.05) is 33.1 Å². The zero-order valence-electron chi connectivity index (χ0n) is 8.77. The molecule has 0 spiro atoms. The second kappa shape index (κ2) is 4.86. The maximum Gasteiger partial charge on any atom is 0.00696 e. The molecule has 1 aliphatic rings. The average molecular weight is 169 g/mol. The van der Waals surface area contributed by atoms with Crippen LogP contribution in [0.15, 0.2) is 0 Å². The van der Waals surface area contributed by atoms with Crippen LogP contribution in [0.3, 0.4) is 0 Å². The van der Waals surface area contributed by atoms with Crippen molar-refractivity contribution in [1.82, 2.24) is 5.32 Å². The fourth-order valence-corrected chi connectivity index (χ4v) is 2.08. The highest BCUT2D eigenvalue weighted by Gasteiger charge is 2.21. The Labute approximate surface area is 76.9 Å². The SMILES string of the molecule is CCC(CC)C(C)NC1CCC1. The van der Waals surface area contributed by atoms with E-state index in [1.54, 1.807) is 0 Å². The minimum atomic E-state index is 0.727. The summed E-state index contributed by atoms with van der Waals surface area (Å²) in [7, 11) is 0. The van der Waals surface area contributed by atoms with E-state index in [2.05, 4.69) is 26.1 Å². The van der Waals surface area contributed by atoms with E-state index in [-0.39, 0.29) is 0 Å². The first-order chi connectivity index (χ1) is 5.77. The summed E-state index contributed by atoms with van der Waals surface area (Å²) in [5, 5.41) is 3.72. The molecule has 1 saturated carbocycles. The van der Waals surface area contributed by atoms with Gasteiger partial charge in [0.1, 0.15) is 0 Å². The van der Waals surface area contributed by atoms with Crippen LogP contribution in [-0.4, -0.2) is 12.1 Å². The highest BCUT2D eigenvalue weighted by molar-refractivity contribution is 4.81. The molecule has 0 saturated heterocycles. The molecule has 1 N–H and O–H groups in total. The summed E-state index contributed by atoms with van der Waals surface area (Å²) in [6.45, 7) is 6.94. The first-order valence-corrected chi connectivity index (χ1v) is 5.54. The zero-order chi connectivity index (χ0) is 8.97. The Kier molecular flexibility index (Phi) is 4.07. The summed E-state index contributed by atoms with van der Waals surface area (Å²) in [5.41, 5.74) is 0. The molecule has 1 aliphatic carbocycles. The van der Waals surface area contributed by atoms with Gasteiger partial charge in [-0.3, -0.25) is 0 Å². The van der Waals surface area contributed by atoms with Crippen molar-refractivity contribution >= 4 is 0 Å². The van der Waals surface area contributed by atoms with Crippen molar-refractivity contribution in [3.8, 4) is 0 Å². The molecule has 1 unspecified atom stereocenters. The molecule has 1 nitrogen and oxygen atoms in total. The molecule has 0 aromatic carbocycles. The lowest BCUT2D eigenvalue weighted by Gasteiger charge is -2.33. The van der Waals surface area contributed by atoms with Crippen molar-refractivity contribution in [2.45, 2.75) is 65.0 Å². The maximum atomic E-state index is 3.72. The van der Waals surface area contributed by atoms with E-state index in [1.807, 2.05) is 0 Å². The van der Waals surface area contributed by atoms with Crippen LogP contribution in [0.5, 0.6) is 0 Å². The lowest BCUT2D eigenvalue weighted by Crippen LogP contribution is -2.44. The van der Waals surface area contributed by atoms with E-state index >= 15 is 0 Å². The Morgan fingerprint density at radius 2 is 1.83 bits per heavy atom. The van der Waals surface area contributed by atoms with Crippen molar-refractivity contribution in [2.24, 2.45) is 5.92 Å². The van der Waals surface area contributed by atoms with Crippen LogP contribution < -0.4 is 5.32 Å². The molecule has 0 aromatic rings. The summed E-state index contributed by atoms with van der Waals surface area (Å²) in [6, 6.07) is 1.57. The molecular formula is C11H23N. The van der Waals surface area contributed by atoms with Gasteiger partial charge in [0.25, 0.3) is 0 Å². The van der Waals surface area contributed by atoms with Gasteiger partial charge >= 0.3 is 0 Å². The predicted octanol–water partition coefficient (Wildman–Crippen LogP) is 2.95. The van der Waals surface area contributed by atoms with E-state index in [0.717, 1.165) is 18.0 Å². The Morgan fingerprint density at radius 3 is 2.17 bits per heavy atom. The molecule has 0 bridgehead atoms. The van der Waals surface area contributed by atoms with E-state index < -0.39 is 0 Å². The molecule has 1 atom stereocenters. The third-order valence-electron chi connectivity index (χ3n) is 3.36. The minimum Gasteiger partial charge on any atom is -0.311 e. The molecule has 0 aromatic heterocycles. The monoisotopic (exact) mass is 169 g/mol. The number of rotatable bonds is 5. The van der Waals surface area contributed by atoms with Gasteiger partial charge in [-0.25, -0.2) is 0 Å². The van der Waals surface area contributed by atoms with E-state index in [4.69, 9.17) is 0 Å². The normalized spacial score (nSPS) is 21.0. The molecule has 12 heavy (non-hydrogen) atoms. The van der Waals surface area contributed by atoms with E-state index in [9.17, 15) is 0 Å². The van der Waals surface area contributed by atoms with Crippen molar-refractivity contribution < 1.29 is 0 Å². The second-order valence-electron chi connectivity index (χ2n) is 4.16. The highest BCUT2D eigenvalue weighted by Crippen LogP contribution is 2.21. The standard InChI is InChI=1S/C11H23N/c1-4-10(5-2)9(3)12-11-7-6-8-11/h9-12H,4-8H2,1-3H3. The maximum absolute atomic E-state index is 3.72. The molecule has 72 valence electrons. The summed E-state index contributed by atoms with van der Waals surface area (Å²) < 4.78 is 0. The van der Waals surface area contributed by atoms with Gasteiger partial charge in [-0.05, 0) is 25.7 Å².